The molecule has 0 spiro atoms. The van der Waals surface area contributed by atoms with Crippen LogP contribution in [0, 0.1) is 0 Å². The normalized spacial score (nSPS) is 10.9. The first-order chi connectivity index (χ1) is 8.72. The van der Waals surface area contributed by atoms with Crippen molar-refractivity contribution >= 4 is 22.5 Å². The molecule has 0 unspecified atom stereocenters. The summed E-state index contributed by atoms with van der Waals surface area (Å²) in [7, 11) is 1.28. The number of aromatic amines is 1. The lowest BCUT2D eigenvalue weighted by atomic mass is 10.2. The zero-order valence-corrected chi connectivity index (χ0v) is 9.51. The molecule has 0 atom stereocenters. The molecule has 0 radical (unpaired) electrons. The molecule has 1 N–H and O–H groups in total. The maximum absolute atomic E-state index is 11.9. The molecule has 2 heterocycles. The molecule has 0 saturated carbocycles. The van der Waals surface area contributed by atoms with Crippen LogP contribution in [-0.2, 0) is 4.74 Å². The standard InChI is InChI=1S/C12H9N3O3/c1-18-12(17)8-6-13-15-9-5-3-2-4-7(9)11(16)14-10(8)15/h2-6H,1H3,(H,14,16). The Kier molecular flexibility index (Phi) is 2.16. The van der Waals surface area contributed by atoms with Crippen LogP contribution in [0.1, 0.15) is 10.4 Å². The first-order valence-corrected chi connectivity index (χ1v) is 5.29. The third kappa shape index (κ3) is 1.32. The number of nitrogens with zero attached hydrogens (tertiary/aromatic N) is 2. The van der Waals surface area contributed by atoms with Gasteiger partial charge >= 0.3 is 5.97 Å². The van der Waals surface area contributed by atoms with Crippen molar-refractivity contribution in [3.05, 3.63) is 46.4 Å². The second-order valence-electron chi connectivity index (χ2n) is 3.78. The molecular formula is C12H9N3O3. The predicted octanol–water partition coefficient (Wildman–Crippen LogP) is 0.962. The Hall–Kier alpha value is -2.63. The first kappa shape index (κ1) is 10.5. The minimum Gasteiger partial charge on any atom is -0.465 e. The lowest BCUT2D eigenvalue weighted by Crippen LogP contribution is -2.12. The molecule has 0 aliphatic carbocycles. The monoisotopic (exact) mass is 243 g/mol. The Morgan fingerprint density at radius 3 is 2.94 bits per heavy atom. The number of ether oxygens (including phenoxy) is 1. The minimum atomic E-state index is -0.532. The van der Waals surface area contributed by atoms with Gasteiger partial charge in [0.05, 0.1) is 24.2 Å². The summed E-state index contributed by atoms with van der Waals surface area (Å²) in [5.74, 6) is -0.532. The summed E-state index contributed by atoms with van der Waals surface area (Å²) in [4.78, 5) is 26.1. The van der Waals surface area contributed by atoms with E-state index in [1.54, 1.807) is 24.3 Å². The summed E-state index contributed by atoms with van der Waals surface area (Å²) in [6.45, 7) is 0. The zero-order valence-electron chi connectivity index (χ0n) is 9.51. The Bertz CT molecular complexity index is 816. The van der Waals surface area contributed by atoms with Crippen LogP contribution in [0.15, 0.2) is 35.3 Å². The Labute approximate surface area is 101 Å². The van der Waals surface area contributed by atoms with Crippen molar-refractivity contribution in [3.8, 4) is 0 Å². The highest BCUT2D eigenvalue weighted by molar-refractivity contribution is 5.96. The van der Waals surface area contributed by atoms with E-state index in [0.29, 0.717) is 16.6 Å². The Morgan fingerprint density at radius 2 is 2.17 bits per heavy atom. The number of fused-ring (bicyclic) bond motifs is 3. The second-order valence-corrected chi connectivity index (χ2v) is 3.78. The van der Waals surface area contributed by atoms with Crippen molar-refractivity contribution in [1.82, 2.24) is 14.6 Å². The molecule has 6 heteroatoms. The number of H-pyrrole nitrogens is 1. The van der Waals surface area contributed by atoms with E-state index in [-0.39, 0.29) is 11.1 Å². The third-order valence-electron chi connectivity index (χ3n) is 2.78. The maximum Gasteiger partial charge on any atom is 0.343 e. The van der Waals surface area contributed by atoms with Crippen molar-refractivity contribution < 1.29 is 9.53 Å². The second kappa shape index (κ2) is 3.69. The van der Waals surface area contributed by atoms with Crippen LogP contribution in [0.2, 0.25) is 0 Å². The van der Waals surface area contributed by atoms with E-state index in [0.717, 1.165) is 0 Å². The number of methoxy groups -OCH3 is 1. The van der Waals surface area contributed by atoms with Gasteiger partial charge in [0.15, 0.2) is 5.65 Å². The highest BCUT2D eigenvalue weighted by Crippen LogP contribution is 2.14. The molecular weight excluding hydrogens is 234 g/mol. The molecule has 18 heavy (non-hydrogen) atoms. The van der Waals surface area contributed by atoms with E-state index in [9.17, 15) is 9.59 Å². The molecule has 0 saturated heterocycles. The fourth-order valence-electron chi connectivity index (χ4n) is 1.94. The van der Waals surface area contributed by atoms with Gasteiger partial charge in [0.2, 0.25) is 0 Å². The molecule has 6 nitrogen and oxygen atoms in total. The van der Waals surface area contributed by atoms with Crippen molar-refractivity contribution in [2.75, 3.05) is 7.11 Å². The molecule has 1 aromatic carbocycles. The van der Waals surface area contributed by atoms with Crippen LogP contribution < -0.4 is 5.56 Å². The zero-order chi connectivity index (χ0) is 12.7. The van der Waals surface area contributed by atoms with E-state index < -0.39 is 5.97 Å². The van der Waals surface area contributed by atoms with Crippen molar-refractivity contribution in [1.29, 1.82) is 0 Å². The van der Waals surface area contributed by atoms with E-state index in [1.165, 1.54) is 17.8 Å². The lowest BCUT2D eigenvalue weighted by molar-refractivity contribution is 0.0602. The summed E-state index contributed by atoms with van der Waals surface area (Å²) in [5.41, 5.74) is 0.959. The fraction of sp³-hybridized carbons (Fsp3) is 0.0833. The smallest absolute Gasteiger partial charge is 0.343 e. The average Bonchev–Trinajstić information content (AvgIpc) is 2.82. The molecule has 0 amide bonds. The number of carbonyl (C=O) groups excluding carboxylic acids is 1. The quantitative estimate of drug-likeness (QED) is 0.646. The minimum absolute atomic E-state index is 0.236. The highest BCUT2D eigenvalue weighted by Gasteiger charge is 2.15. The van der Waals surface area contributed by atoms with Crippen LogP contribution in [0.5, 0.6) is 0 Å². The maximum atomic E-state index is 11.9. The van der Waals surface area contributed by atoms with E-state index in [2.05, 4.69) is 14.8 Å². The van der Waals surface area contributed by atoms with Crippen molar-refractivity contribution in [2.24, 2.45) is 0 Å². The molecule has 3 rings (SSSR count). The highest BCUT2D eigenvalue weighted by atomic mass is 16.5. The Morgan fingerprint density at radius 1 is 1.39 bits per heavy atom. The van der Waals surface area contributed by atoms with Gasteiger partial charge < -0.3 is 9.72 Å². The van der Waals surface area contributed by atoms with Gasteiger partial charge in [-0.15, -0.1) is 0 Å². The van der Waals surface area contributed by atoms with E-state index >= 15 is 0 Å². The number of para-hydroxylation sites is 1. The number of nitrogens with one attached hydrogen (secondary N) is 1. The SMILES string of the molecule is COC(=O)c1cnn2c1[nH]c(=O)c1ccccc12. The molecule has 0 fully saturated rings. The van der Waals surface area contributed by atoms with Gasteiger partial charge in [-0.3, -0.25) is 4.79 Å². The summed E-state index contributed by atoms with van der Waals surface area (Å²) in [5, 5.41) is 4.62. The van der Waals surface area contributed by atoms with Gasteiger partial charge in [-0.2, -0.15) is 5.10 Å². The summed E-state index contributed by atoms with van der Waals surface area (Å²) in [6.07, 6.45) is 1.38. The van der Waals surface area contributed by atoms with Crippen LogP contribution in [-0.4, -0.2) is 27.7 Å². The number of hydrogen-bond acceptors (Lipinski definition) is 4. The fourth-order valence-corrected chi connectivity index (χ4v) is 1.94. The van der Waals surface area contributed by atoms with Crippen LogP contribution in [0.3, 0.4) is 0 Å². The number of rotatable bonds is 1. The molecule has 0 aliphatic heterocycles. The Balaban J connectivity index is 2.49. The van der Waals surface area contributed by atoms with E-state index in [4.69, 9.17) is 0 Å². The summed E-state index contributed by atoms with van der Waals surface area (Å²) in [6, 6.07) is 7.05. The van der Waals surface area contributed by atoms with Gasteiger partial charge in [0.1, 0.15) is 5.56 Å². The molecule has 2 aromatic heterocycles. The molecule has 0 bridgehead atoms. The van der Waals surface area contributed by atoms with Crippen LogP contribution >= 0.6 is 0 Å². The summed E-state index contributed by atoms with van der Waals surface area (Å²) < 4.78 is 6.16. The third-order valence-corrected chi connectivity index (χ3v) is 2.78. The van der Waals surface area contributed by atoms with Crippen LogP contribution in [0.25, 0.3) is 16.6 Å². The summed E-state index contributed by atoms with van der Waals surface area (Å²) >= 11 is 0. The number of esters is 1. The van der Waals surface area contributed by atoms with Crippen LogP contribution in [0.4, 0.5) is 0 Å². The number of aromatic nitrogens is 3. The van der Waals surface area contributed by atoms with Gasteiger partial charge in [0, 0.05) is 0 Å². The molecule has 0 aliphatic rings. The number of carbonyl (C=O) groups is 1. The van der Waals surface area contributed by atoms with Gasteiger partial charge in [-0.05, 0) is 12.1 Å². The number of benzene rings is 1. The molecule has 3 aromatic rings. The average molecular weight is 243 g/mol. The van der Waals surface area contributed by atoms with Crippen molar-refractivity contribution in [2.45, 2.75) is 0 Å². The van der Waals surface area contributed by atoms with Gasteiger partial charge in [-0.1, -0.05) is 12.1 Å². The largest absolute Gasteiger partial charge is 0.465 e. The first-order valence-electron chi connectivity index (χ1n) is 5.29. The van der Waals surface area contributed by atoms with Gasteiger partial charge in [-0.25, -0.2) is 9.31 Å². The predicted molar refractivity (Wildman–Crippen MR) is 64.7 cm³/mol. The molecule has 90 valence electrons. The van der Waals surface area contributed by atoms with Crippen molar-refractivity contribution in [3.63, 3.8) is 0 Å². The lowest BCUT2D eigenvalue weighted by Gasteiger charge is -2.01. The van der Waals surface area contributed by atoms with E-state index in [1.807, 2.05) is 0 Å². The van der Waals surface area contributed by atoms with Gasteiger partial charge in [0.25, 0.3) is 5.56 Å². The number of hydrogen-bond donors (Lipinski definition) is 1. The topological polar surface area (TPSA) is 76.5 Å².